The quantitative estimate of drug-likeness (QED) is 0.417. The number of ether oxygens (including phenoxy) is 3. The van der Waals surface area contributed by atoms with Crippen LogP contribution in [0.5, 0.6) is 17.2 Å². The first-order chi connectivity index (χ1) is 14.7. The summed E-state index contributed by atoms with van der Waals surface area (Å²) in [5.74, 6) is -0.816. The van der Waals surface area contributed by atoms with E-state index in [1.54, 1.807) is 13.8 Å². The van der Waals surface area contributed by atoms with Gasteiger partial charge in [0.15, 0.2) is 23.0 Å². The van der Waals surface area contributed by atoms with E-state index in [1.807, 2.05) is 30.3 Å². The minimum absolute atomic E-state index is 0.128. The second-order valence-electron chi connectivity index (χ2n) is 7.98. The molecule has 1 aromatic heterocycles. The summed E-state index contributed by atoms with van der Waals surface area (Å²) < 4.78 is 16.7. The summed E-state index contributed by atoms with van der Waals surface area (Å²) in [6, 6.07) is 10.8. The van der Waals surface area contributed by atoms with Crippen molar-refractivity contribution < 1.29 is 28.9 Å². The summed E-state index contributed by atoms with van der Waals surface area (Å²) in [7, 11) is 1.38. The number of methoxy groups -OCH3 is 1. The number of Topliss-reactive ketones (excluding diaryl/α,β-unsaturated/α-hetero) is 1. The molecule has 31 heavy (non-hydrogen) atoms. The number of carbonyl (C=O) groups is 2. The van der Waals surface area contributed by atoms with Crippen LogP contribution < -0.4 is 9.47 Å². The Labute approximate surface area is 183 Å². The van der Waals surface area contributed by atoms with Gasteiger partial charge in [-0.3, -0.25) is 9.59 Å². The number of nitrogens with zero attached hydrogens (tertiary/aromatic N) is 1. The van der Waals surface area contributed by atoms with Gasteiger partial charge in [-0.05, 0) is 31.4 Å². The van der Waals surface area contributed by atoms with Crippen molar-refractivity contribution in [2.24, 2.45) is 11.8 Å². The molecule has 0 saturated carbocycles. The molecule has 0 amide bonds. The number of esters is 1. The van der Waals surface area contributed by atoms with Gasteiger partial charge in [-0.15, -0.1) is 0 Å². The molecular weight excluding hydrogens is 398 g/mol. The summed E-state index contributed by atoms with van der Waals surface area (Å²) in [6.45, 7) is 7.55. The number of benzene rings is 1. The largest absolute Gasteiger partial charge is 0.503 e. The molecule has 1 aromatic carbocycles. The van der Waals surface area contributed by atoms with Crippen molar-refractivity contribution in [1.82, 2.24) is 4.98 Å². The van der Waals surface area contributed by atoms with Crippen LogP contribution in [0.2, 0.25) is 0 Å². The van der Waals surface area contributed by atoms with Gasteiger partial charge >= 0.3 is 5.97 Å². The molecule has 0 aliphatic heterocycles. The van der Waals surface area contributed by atoms with Crippen molar-refractivity contribution in [2.45, 2.75) is 52.7 Å². The highest BCUT2D eigenvalue weighted by atomic mass is 16.6. The third-order valence-corrected chi connectivity index (χ3v) is 4.83. The summed E-state index contributed by atoms with van der Waals surface area (Å²) in [5, 5.41) is 10.1. The highest BCUT2D eigenvalue weighted by molar-refractivity contribution is 5.99. The van der Waals surface area contributed by atoms with E-state index in [9.17, 15) is 14.7 Å². The van der Waals surface area contributed by atoms with E-state index in [2.05, 4.69) is 18.8 Å². The molecule has 0 aliphatic rings. The third-order valence-electron chi connectivity index (χ3n) is 4.83. The first-order valence-electron chi connectivity index (χ1n) is 10.4. The van der Waals surface area contributed by atoms with Crippen molar-refractivity contribution in [3.8, 4) is 17.2 Å². The lowest BCUT2D eigenvalue weighted by atomic mass is 10.0. The Balaban J connectivity index is 2.01. The molecule has 0 unspecified atom stereocenters. The van der Waals surface area contributed by atoms with Gasteiger partial charge in [-0.25, -0.2) is 4.98 Å². The fraction of sp³-hybridized carbons (Fsp3) is 0.458. The van der Waals surface area contributed by atoms with E-state index in [0.717, 1.165) is 0 Å². The van der Waals surface area contributed by atoms with Crippen LogP contribution in [0.3, 0.4) is 0 Å². The van der Waals surface area contributed by atoms with Crippen molar-refractivity contribution in [2.75, 3.05) is 7.11 Å². The summed E-state index contributed by atoms with van der Waals surface area (Å²) in [6.07, 6.45) is 1.11. The molecular formula is C24H31NO6. The maximum Gasteiger partial charge on any atom is 0.309 e. The number of aromatic nitrogens is 1. The van der Waals surface area contributed by atoms with Crippen LogP contribution >= 0.6 is 0 Å². The van der Waals surface area contributed by atoms with Crippen molar-refractivity contribution in [1.29, 1.82) is 0 Å². The molecule has 0 fully saturated rings. The molecule has 7 nitrogen and oxygen atoms in total. The number of carbonyl (C=O) groups excluding carboxylic acids is 2. The molecule has 0 saturated heterocycles. The smallest absolute Gasteiger partial charge is 0.309 e. The number of hydrogen-bond donors (Lipinski definition) is 1. The number of pyridine rings is 1. The lowest BCUT2D eigenvalue weighted by molar-refractivity contribution is -0.157. The fourth-order valence-electron chi connectivity index (χ4n) is 3.11. The maximum atomic E-state index is 12.6. The molecule has 0 bridgehead atoms. The first-order valence-corrected chi connectivity index (χ1v) is 10.4. The van der Waals surface area contributed by atoms with Gasteiger partial charge < -0.3 is 19.3 Å². The molecule has 1 heterocycles. The van der Waals surface area contributed by atoms with Gasteiger partial charge in [-0.1, -0.05) is 39.0 Å². The third kappa shape index (κ3) is 6.98. The zero-order valence-corrected chi connectivity index (χ0v) is 18.7. The Morgan fingerprint density at radius 3 is 2.35 bits per heavy atom. The highest BCUT2D eigenvalue weighted by Crippen LogP contribution is 2.29. The Morgan fingerprint density at radius 1 is 1.06 bits per heavy atom. The topological polar surface area (TPSA) is 95.0 Å². The number of hydrogen-bond acceptors (Lipinski definition) is 7. The molecule has 1 N–H and O–H groups in total. The molecule has 0 spiro atoms. The highest BCUT2D eigenvalue weighted by Gasteiger charge is 2.28. The van der Waals surface area contributed by atoms with Gasteiger partial charge in [0.25, 0.3) is 0 Å². The average Bonchev–Trinajstić information content (AvgIpc) is 2.73. The van der Waals surface area contributed by atoms with Crippen LogP contribution in [0.4, 0.5) is 0 Å². The first kappa shape index (κ1) is 24.2. The molecule has 0 radical (unpaired) electrons. The number of para-hydroxylation sites is 1. The van der Waals surface area contributed by atoms with Crippen LogP contribution in [0.1, 0.15) is 51.0 Å². The van der Waals surface area contributed by atoms with Gasteiger partial charge in [0, 0.05) is 18.7 Å². The normalized spacial score (nSPS) is 13.9. The predicted octanol–water partition coefficient (Wildman–Crippen LogP) is 4.43. The maximum absolute atomic E-state index is 12.6. The zero-order valence-electron chi connectivity index (χ0n) is 18.7. The molecule has 2 aromatic rings. The van der Waals surface area contributed by atoms with Crippen molar-refractivity contribution in [3.05, 3.63) is 48.3 Å². The second kappa shape index (κ2) is 11.3. The Bertz CT molecular complexity index is 868. The number of ketones is 1. The zero-order chi connectivity index (χ0) is 23.0. The van der Waals surface area contributed by atoms with E-state index < -0.39 is 23.8 Å². The van der Waals surface area contributed by atoms with Gasteiger partial charge in [0.2, 0.25) is 0 Å². The predicted molar refractivity (Wildman–Crippen MR) is 116 cm³/mol. The fourth-order valence-corrected chi connectivity index (χ4v) is 3.11. The van der Waals surface area contributed by atoms with Gasteiger partial charge in [0.05, 0.1) is 13.0 Å². The Kier molecular flexibility index (Phi) is 8.85. The summed E-state index contributed by atoms with van der Waals surface area (Å²) in [4.78, 5) is 29.1. The number of rotatable bonds is 11. The van der Waals surface area contributed by atoms with Crippen LogP contribution in [0.15, 0.2) is 42.6 Å². The number of aromatic hydroxyl groups is 1. The monoisotopic (exact) mass is 429 g/mol. The van der Waals surface area contributed by atoms with Crippen molar-refractivity contribution >= 4 is 11.8 Å². The van der Waals surface area contributed by atoms with Crippen LogP contribution in [0, 0.1) is 11.8 Å². The van der Waals surface area contributed by atoms with E-state index >= 15 is 0 Å². The van der Waals surface area contributed by atoms with Gasteiger partial charge in [0.1, 0.15) is 18.0 Å². The molecule has 7 heteroatoms. The minimum atomic E-state index is -0.709. The van der Waals surface area contributed by atoms with E-state index in [1.165, 1.54) is 19.4 Å². The van der Waals surface area contributed by atoms with Crippen LogP contribution in [-0.4, -0.2) is 41.2 Å². The summed E-state index contributed by atoms with van der Waals surface area (Å²) in [5.41, 5.74) is -0.128. The lowest BCUT2D eigenvalue weighted by Gasteiger charge is -2.27. The van der Waals surface area contributed by atoms with Crippen molar-refractivity contribution in [3.63, 3.8) is 0 Å². The van der Waals surface area contributed by atoms with Crippen LogP contribution in [-0.2, 0) is 9.53 Å². The Hall–Kier alpha value is -3.09. The second-order valence-corrected chi connectivity index (χ2v) is 7.98. The SMILES string of the molecule is COc1ccnc(C(=O)C[C@@H](C)C(=O)O[C@@H](C)[C@@H](CC(C)C)Oc2ccccc2)c1O. The summed E-state index contributed by atoms with van der Waals surface area (Å²) >= 11 is 0. The van der Waals surface area contributed by atoms with E-state index in [0.29, 0.717) is 18.1 Å². The molecule has 0 aliphatic carbocycles. The van der Waals surface area contributed by atoms with Crippen LogP contribution in [0.25, 0.3) is 0 Å². The molecule has 2 rings (SSSR count). The van der Waals surface area contributed by atoms with E-state index in [4.69, 9.17) is 14.2 Å². The average molecular weight is 430 g/mol. The van der Waals surface area contributed by atoms with Gasteiger partial charge in [-0.2, -0.15) is 0 Å². The standard InChI is InChI=1S/C24H31NO6/c1-15(2)13-21(31-18-9-7-6-8-10-18)17(4)30-24(28)16(3)14-19(26)22-23(27)20(29-5)11-12-25-22/h6-12,15-17,21,27H,13-14H2,1-5H3/t16-,17+,21-/m1/s1. The Morgan fingerprint density at radius 2 is 1.74 bits per heavy atom. The molecule has 3 atom stereocenters. The van der Waals surface area contributed by atoms with E-state index in [-0.39, 0.29) is 29.7 Å². The minimum Gasteiger partial charge on any atom is -0.503 e. The molecule has 168 valence electrons. The lowest BCUT2D eigenvalue weighted by Crippen LogP contribution is -2.36.